The number of hydrogen-bond acceptors (Lipinski definition) is 4. The van der Waals surface area contributed by atoms with E-state index >= 15 is 0 Å². The Kier molecular flexibility index (Phi) is 9.31. The normalized spacial score (nSPS) is 12.0. The Hall–Kier alpha value is -1.55. The first-order valence-corrected chi connectivity index (χ1v) is 8.22. The van der Waals surface area contributed by atoms with Gasteiger partial charge in [-0.05, 0) is 30.5 Å². The average molecular weight is 307 g/mol. The standard InChI is InChI=1S/C18H29NO3/c1-3-4-5-6-7-8-13-22-18(20)17(19)14-15-9-11-16(21-2)12-10-15/h9-12,17H,3-8,13-14,19H2,1-2H3. The Balaban J connectivity index is 2.18. The second-order valence-corrected chi connectivity index (χ2v) is 5.59. The van der Waals surface area contributed by atoms with Crippen molar-refractivity contribution in [3.05, 3.63) is 29.8 Å². The smallest absolute Gasteiger partial charge is 0.323 e. The number of carbonyl (C=O) groups excluding carboxylic acids is 1. The molecule has 0 fully saturated rings. The van der Waals surface area contributed by atoms with E-state index < -0.39 is 6.04 Å². The fraction of sp³-hybridized carbons (Fsp3) is 0.611. The third kappa shape index (κ3) is 7.46. The van der Waals surface area contributed by atoms with Crippen LogP contribution >= 0.6 is 0 Å². The molecular weight excluding hydrogens is 278 g/mol. The van der Waals surface area contributed by atoms with Crippen LogP contribution < -0.4 is 10.5 Å². The highest BCUT2D eigenvalue weighted by molar-refractivity contribution is 5.75. The number of nitrogens with two attached hydrogens (primary N) is 1. The molecule has 0 aromatic heterocycles. The highest BCUT2D eigenvalue weighted by Gasteiger charge is 2.15. The van der Waals surface area contributed by atoms with Gasteiger partial charge in [-0.15, -0.1) is 0 Å². The molecular formula is C18H29NO3. The maximum atomic E-state index is 11.8. The van der Waals surface area contributed by atoms with Gasteiger partial charge in [-0.1, -0.05) is 51.2 Å². The van der Waals surface area contributed by atoms with Crippen LogP contribution in [0.3, 0.4) is 0 Å². The van der Waals surface area contributed by atoms with Crippen molar-refractivity contribution < 1.29 is 14.3 Å². The van der Waals surface area contributed by atoms with Crippen molar-refractivity contribution in [2.24, 2.45) is 5.73 Å². The number of rotatable bonds is 11. The molecule has 4 heteroatoms. The van der Waals surface area contributed by atoms with Gasteiger partial charge in [0.1, 0.15) is 11.8 Å². The first-order chi connectivity index (χ1) is 10.7. The molecule has 0 spiro atoms. The van der Waals surface area contributed by atoms with Gasteiger partial charge in [0.05, 0.1) is 13.7 Å². The van der Waals surface area contributed by atoms with E-state index in [0.29, 0.717) is 13.0 Å². The Morgan fingerprint density at radius 2 is 1.73 bits per heavy atom. The Bertz CT molecular complexity index is 417. The average Bonchev–Trinajstić information content (AvgIpc) is 2.54. The maximum absolute atomic E-state index is 11.8. The fourth-order valence-corrected chi connectivity index (χ4v) is 2.26. The van der Waals surface area contributed by atoms with Crippen LogP contribution in [-0.2, 0) is 16.0 Å². The molecule has 0 saturated carbocycles. The summed E-state index contributed by atoms with van der Waals surface area (Å²) in [5.74, 6) is 0.479. The van der Waals surface area contributed by atoms with Crippen LogP contribution in [0.2, 0.25) is 0 Å². The zero-order valence-corrected chi connectivity index (χ0v) is 13.8. The van der Waals surface area contributed by atoms with E-state index in [1.807, 2.05) is 24.3 Å². The van der Waals surface area contributed by atoms with E-state index in [1.54, 1.807) is 7.11 Å². The van der Waals surface area contributed by atoms with Gasteiger partial charge in [0.15, 0.2) is 0 Å². The highest BCUT2D eigenvalue weighted by atomic mass is 16.5. The van der Waals surface area contributed by atoms with E-state index in [9.17, 15) is 4.79 Å². The SMILES string of the molecule is CCCCCCCCOC(=O)C(N)Cc1ccc(OC)cc1. The number of benzene rings is 1. The molecule has 1 rings (SSSR count). The zero-order chi connectivity index (χ0) is 16.2. The minimum atomic E-state index is -0.603. The van der Waals surface area contributed by atoms with Gasteiger partial charge >= 0.3 is 5.97 Å². The second-order valence-electron chi connectivity index (χ2n) is 5.59. The maximum Gasteiger partial charge on any atom is 0.323 e. The summed E-state index contributed by atoms with van der Waals surface area (Å²) in [6.07, 6.45) is 7.53. The minimum Gasteiger partial charge on any atom is -0.497 e. The third-order valence-electron chi connectivity index (χ3n) is 3.66. The molecule has 0 radical (unpaired) electrons. The van der Waals surface area contributed by atoms with Crippen LogP contribution in [0.4, 0.5) is 0 Å². The summed E-state index contributed by atoms with van der Waals surface area (Å²) in [5, 5.41) is 0. The van der Waals surface area contributed by atoms with Crippen molar-refractivity contribution in [3.8, 4) is 5.75 Å². The van der Waals surface area contributed by atoms with Crippen LogP contribution in [0.25, 0.3) is 0 Å². The molecule has 0 bridgehead atoms. The van der Waals surface area contributed by atoms with Crippen LogP contribution in [0, 0.1) is 0 Å². The number of unbranched alkanes of at least 4 members (excludes halogenated alkanes) is 5. The van der Waals surface area contributed by atoms with Gasteiger partial charge in [-0.2, -0.15) is 0 Å². The monoisotopic (exact) mass is 307 g/mol. The molecule has 1 unspecified atom stereocenters. The molecule has 0 heterocycles. The summed E-state index contributed by atoms with van der Waals surface area (Å²) in [7, 11) is 1.63. The lowest BCUT2D eigenvalue weighted by molar-refractivity contribution is -0.145. The molecule has 0 aliphatic heterocycles. The van der Waals surface area contributed by atoms with E-state index in [0.717, 1.165) is 24.2 Å². The van der Waals surface area contributed by atoms with Crippen molar-refractivity contribution in [1.82, 2.24) is 0 Å². The number of methoxy groups -OCH3 is 1. The van der Waals surface area contributed by atoms with Crippen LogP contribution in [-0.4, -0.2) is 25.7 Å². The van der Waals surface area contributed by atoms with Crippen molar-refractivity contribution in [1.29, 1.82) is 0 Å². The third-order valence-corrected chi connectivity index (χ3v) is 3.66. The van der Waals surface area contributed by atoms with Crippen molar-refractivity contribution in [3.63, 3.8) is 0 Å². The lowest BCUT2D eigenvalue weighted by atomic mass is 10.1. The summed E-state index contributed by atoms with van der Waals surface area (Å²) >= 11 is 0. The van der Waals surface area contributed by atoms with Crippen LogP contribution in [0.1, 0.15) is 51.0 Å². The quantitative estimate of drug-likeness (QED) is 0.502. The summed E-state index contributed by atoms with van der Waals surface area (Å²) in [6, 6.07) is 6.96. The summed E-state index contributed by atoms with van der Waals surface area (Å²) < 4.78 is 10.3. The fourth-order valence-electron chi connectivity index (χ4n) is 2.26. The molecule has 0 amide bonds. The molecule has 2 N–H and O–H groups in total. The largest absolute Gasteiger partial charge is 0.497 e. The van der Waals surface area contributed by atoms with Gasteiger partial charge in [-0.3, -0.25) is 4.79 Å². The molecule has 124 valence electrons. The molecule has 1 atom stereocenters. The minimum absolute atomic E-state index is 0.315. The first kappa shape index (κ1) is 18.5. The van der Waals surface area contributed by atoms with Crippen molar-refractivity contribution in [2.45, 2.75) is 57.9 Å². The predicted molar refractivity (Wildman–Crippen MR) is 89.0 cm³/mol. The van der Waals surface area contributed by atoms with Gasteiger partial charge in [0.2, 0.25) is 0 Å². The van der Waals surface area contributed by atoms with Gasteiger partial charge in [-0.25, -0.2) is 0 Å². The second kappa shape index (κ2) is 11.1. The highest BCUT2D eigenvalue weighted by Crippen LogP contribution is 2.12. The van der Waals surface area contributed by atoms with Crippen molar-refractivity contribution >= 4 is 5.97 Å². The van der Waals surface area contributed by atoms with E-state index in [-0.39, 0.29) is 5.97 Å². The Labute approximate surface area is 134 Å². The van der Waals surface area contributed by atoms with Gasteiger partial charge in [0.25, 0.3) is 0 Å². The molecule has 1 aromatic rings. The lowest BCUT2D eigenvalue weighted by Crippen LogP contribution is -2.34. The zero-order valence-electron chi connectivity index (χ0n) is 13.8. The predicted octanol–water partition coefficient (Wildman–Crippen LogP) is 3.47. The van der Waals surface area contributed by atoms with Crippen LogP contribution in [0.5, 0.6) is 5.75 Å². The Morgan fingerprint density at radius 1 is 1.09 bits per heavy atom. The van der Waals surface area contributed by atoms with Crippen molar-refractivity contribution in [2.75, 3.05) is 13.7 Å². The Morgan fingerprint density at radius 3 is 2.36 bits per heavy atom. The molecule has 0 aliphatic carbocycles. The molecule has 0 aliphatic rings. The van der Waals surface area contributed by atoms with E-state index in [4.69, 9.17) is 15.2 Å². The number of carbonyl (C=O) groups is 1. The van der Waals surface area contributed by atoms with Gasteiger partial charge < -0.3 is 15.2 Å². The van der Waals surface area contributed by atoms with Gasteiger partial charge in [0, 0.05) is 0 Å². The number of esters is 1. The van der Waals surface area contributed by atoms with E-state index in [1.165, 1.54) is 25.7 Å². The molecule has 1 aromatic carbocycles. The van der Waals surface area contributed by atoms with E-state index in [2.05, 4.69) is 6.92 Å². The molecule has 22 heavy (non-hydrogen) atoms. The summed E-state index contributed by atoms with van der Waals surface area (Å²) in [4.78, 5) is 11.8. The first-order valence-electron chi connectivity index (χ1n) is 8.22. The molecule has 4 nitrogen and oxygen atoms in total. The number of hydrogen-bond donors (Lipinski definition) is 1. The summed E-state index contributed by atoms with van der Waals surface area (Å²) in [5.41, 5.74) is 6.90. The lowest BCUT2D eigenvalue weighted by Gasteiger charge is -2.12. The van der Waals surface area contributed by atoms with Crippen LogP contribution in [0.15, 0.2) is 24.3 Å². The summed E-state index contributed by atoms with van der Waals surface area (Å²) in [6.45, 7) is 2.67. The topological polar surface area (TPSA) is 61.5 Å². The number of ether oxygens (including phenoxy) is 2. The molecule has 0 saturated heterocycles.